The second kappa shape index (κ2) is 5.06. The van der Waals surface area contributed by atoms with Crippen molar-refractivity contribution in [3.05, 3.63) is 18.2 Å². The van der Waals surface area contributed by atoms with Crippen molar-refractivity contribution in [3.63, 3.8) is 0 Å². The van der Waals surface area contributed by atoms with Crippen molar-refractivity contribution in [2.24, 2.45) is 0 Å². The molecule has 104 valence electrons. The van der Waals surface area contributed by atoms with Crippen LogP contribution in [0, 0.1) is 0 Å². The molecule has 19 heavy (non-hydrogen) atoms. The van der Waals surface area contributed by atoms with Crippen LogP contribution in [0.1, 0.15) is 6.42 Å². The highest BCUT2D eigenvalue weighted by Crippen LogP contribution is 2.24. The number of carbonyl (C=O) groups excluding carboxylic acids is 1. The van der Waals surface area contributed by atoms with Gasteiger partial charge in [0, 0.05) is 25.1 Å². The number of nitrogen functional groups attached to an aromatic ring is 1. The van der Waals surface area contributed by atoms with Crippen LogP contribution in [0.5, 0.6) is 5.75 Å². The number of amides is 1. The topological polar surface area (TPSA) is 111 Å². The number of hydrogen-bond donors (Lipinski definition) is 3. The van der Waals surface area contributed by atoms with Gasteiger partial charge in [0.2, 0.25) is 15.9 Å². The monoisotopic (exact) mass is 285 g/mol. The van der Waals surface area contributed by atoms with E-state index in [9.17, 15) is 13.2 Å². The molecule has 0 aromatic heterocycles. The van der Waals surface area contributed by atoms with Gasteiger partial charge in [0.15, 0.2) is 0 Å². The Morgan fingerprint density at radius 2 is 2.21 bits per heavy atom. The molecule has 1 amide bonds. The van der Waals surface area contributed by atoms with Crippen molar-refractivity contribution >= 4 is 21.6 Å². The molecule has 1 unspecified atom stereocenters. The third-order valence-electron chi connectivity index (χ3n) is 2.81. The first-order valence-corrected chi connectivity index (χ1v) is 7.13. The summed E-state index contributed by atoms with van der Waals surface area (Å²) in [4.78, 5) is 11.1. The largest absolute Gasteiger partial charge is 0.495 e. The van der Waals surface area contributed by atoms with Crippen LogP contribution < -0.4 is 20.5 Å². The molecule has 1 atom stereocenters. The van der Waals surface area contributed by atoms with Crippen LogP contribution >= 0.6 is 0 Å². The smallest absolute Gasteiger partial charge is 0.241 e. The zero-order valence-electron chi connectivity index (χ0n) is 10.3. The quantitative estimate of drug-likeness (QED) is 0.642. The molecule has 0 aliphatic carbocycles. The van der Waals surface area contributed by atoms with Crippen LogP contribution in [0.15, 0.2) is 23.1 Å². The Bertz CT molecular complexity index is 600. The number of hydrogen-bond acceptors (Lipinski definition) is 5. The molecule has 0 bridgehead atoms. The summed E-state index contributed by atoms with van der Waals surface area (Å²) in [7, 11) is -2.28. The average molecular weight is 285 g/mol. The standard InChI is InChI=1S/C11H15N3O4S/c1-18-10-5-8(2-3-9(10)12)19(16,17)14-7-4-11(15)13-6-7/h2-3,5,7,14H,4,6,12H2,1H3,(H,13,15). The van der Waals surface area contributed by atoms with Crippen LogP contribution in [0.3, 0.4) is 0 Å². The fraction of sp³-hybridized carbons (Fsp3) is 0.364. The number of nitrogens with two attached hydrogens (primary N) is 1. The number of nitrogens with one attached hydrogen (secondary N) is 2. The van der Waals surface area contributed by atoms with Gasteiger partial charge in [-0.05, 0) is 12.1 Å². The second-order valence-electron chi connectivity index (χ2n) is 4.23. The summed E-state index contributed by atoms with van der Waals surface area (Å²) in [6, 6.07) is 3.78. The minimum absolute atomic E-state index is 0.0536. The third-order valence-corrected chi connectivity index (χ3v) is 4.33. The first kappa shape index (κ1) is 13.6. The average Bonchev–Trinajstić information content (AvgIpc) is 2.74. The van der Waals surface area contributed by atoms with Crippen molar-refractivity contribution < 1.29 is 17.9 Å². The lowest BCUT2D eigenvalue weighted by Gasteiger charge is -2.12. The first-order chi connectivity index (χ1) is 8.92. The molecule has 0 radical (unpaired) electrons. The van der Waals surface area contributed by atoms with E-state index in [0.29, 0.717) is 18.0 Å². The van der Waals surface area contributed by atoms with Crippen LogP contribution in [0.4, 0.5) is 5.69 Å². The molecule has 0 spiro atoms. The van der Waals surface area contributed by atoms with Gasteiger partial charge in [0.05, 0.1) is 17.7 Å². The minimum atomic E-state index is -3.69. The number of carbonyl (C=O) groups is 1. The molecular weight excluding hydrogens is 270 g/mol. The predicted octanol–water partition coefficient (Wildman–Crippen LogP) is -0.556. The maximum Gasteiger partial charge on any atom is 0.241 e. The Labute approximate surface area is 111 Å². The van der Waals surface area contributed by atoms with E-state index in [2.05, 4.69) is 10.0 Å². The summed E-state index contributed by atoms with van der Waals surface area (Å²) in [5.74, 6) is 0.131. The lowest BCUT2D eigenvalue weighted by atomic mass is 10.3. The van der Waals surface area contributed by atoms with Gasteiger partial charge in [-0.25, -0.2) is 13.1 Å². The second-order valence-corrected chi connectivity index (χ2v) is 5.94. The zero-order chi connectivity index (χ0) is 14.0. The molecule has 7 nitrogen and oxygen atoms in total. The lowest BCUT2D eigenvalue weighted by Crippen LogP contribution is -2.36. The zero-order valence-corrected chi connectivity index (χ0v) is 11.2. The molecule has 2 rings (SSSR count). The molecule has 1 saturated heterocycles. The normalized spacial score (nSPS) is 19.2. The van der Waals surface area contributed by atoms with Gasteiger partial charge in [0.25, 0.3) is 0 Å². The maximum atomic E-state index is 12.1. The van der Waals surface area contributed by atoms with E-state index in [1.165, 1.54) is 25.3 Å². The summed E-state index contributed by atoms with van der Waals surface area (Å²) in [5.41, 5.74) is 5.99. The Hall–Kier alpha value is -1.80. The Kier molecular flexibility index (Phi) is 3.63. The molecule has 1 aliphatic rings. The first-order valence-electron chi connectivity index (χ1n) is 5.65. The minimum Gasteiger partial charge on any atom is -0.495 e. The van der Waals surface area contributed by atoms with Crippen LogP contribution in [-0.2, 0) is 14.8 Å². The number of ether oxygens (including phenoxy) is 1. The molecule has 4 N–H and O–H groups in total. The summed E-state index contributed by atoms with van der Waals surface area (Å²) >= 11 is 0. The van der Waals surface area contributed by atoms with E-state index < -0.39 is 16.1 Å². The Morgan fingerprint density at radius 3 is 2.79 bits per heavy atom. The van der Waals surface area contributed by atoms with E-state index in [4.69, 9.17) is 10.5 Å². The van der Waals surface area contributed by atoms with Crippen molar-refractivity contribution in [2.75, 3.05) is 19.4 Å². The maximum absolute atomic E-state index is 12.1. The third kappa shape index (κ3) is 2.96. The van der Waals surface area contributed by atoms with Crippen molar-refractivity contribution in [2.45, 2.75) is 17.4 Å². The summed E-state index contributed by atoms with van der Waals surface area (Å²) < 4.78 is 31.7. The Morgan fingerprint density at radius 1 is 1.47 bits per heavy atom. The van der Waals surface area contributed by atoms with E-state index >= 15 is 0 Å². The van der Waals surface area contributed by atoms with E-state index in [1.54, 1.807) is 0 Å². The SMILES string of the molecule is COc1cc(S(=O)(=O)NC2CNC(=O)C2)ccc1N. The number of anilines is 1. The highest BCUT2D eigenvalue weighted by Gasteiger charge is 2.27. The molecule has 1 heterocycles. The summed E-state index contributed by atoms with van der Waals surface area (Å²) in [5, 5.41) is 2.56. The van der Waals surface area contributed by atoms with E-state index in [0.717, 1.165) is 0 Å². The summed E-state index contributed by atoms with van der Waals surface area (Å²) in [6.45, 7) is 0.296. The van der Waals surface area contributed by atoms with Gasteiger partial charge in [-0.15, -0.1) is 0 Å². The van der Waals surface area contributed by atoms with Gasteiger partial charge in [-0.3, -0.25) is 4.79 Å². The van der Waals surface area contributed by atoms with E-state index in [1.807, 2.05) is 0 Å². The number of sulfonamides is 1. The summed E-state index contributed by atoms with van der Waals surface area (Å²) in [6.07, 6.45) is 0.144. The molecule has 8 heteroatoms. The predicted molar refractivity (Wildman–Crippen MR) is 69.1 cm³/mol. The van der Waals surface area contributed by atoms with Crippen LogP contribution in [-0.4, -0.2) is 34.0 Å². The number of methoxy groups -OCH3 is 1. The molecule has 1 aromatic rings. The fourth-order valence-electron chi connectivity index (χ4n) is 1.83. The molecule has 1 aliphatic heterocycles. The van der Waals surface area contributed by atoms with Gasteiger partial charge in [0.1, 0.15) is 5.75 Å². The van der Waals surface area contributed by atoms with Crippen LogP contribution in [0.2, 0.25) is 0 Å². The lowest BCUT2D eigenvalue weighted by molar-refractivity contribution is -0.119. The van der Waals surface area contributed by atoms with Gasteiger partial charge < -0.3 is 15.8 Å². The van der Waals surface area contributed by atoms with E-state index in [-0.39, 0.29) is 17.2 Å². The Balaban J connectivity index is 2.22. The van der Waals surface area contributed by atoms with Crippen LogP contribution in [0.25, 0.3) is 0 Å². The fourth-order valence-corrected chi connectivity index (χ4v) is 3.09. The molecule has 1 aromatic carbocycles. The number of rotatable bonds is 4. The van der Waals surface area contributed by atoms with Crippen molar-refractivity contribution in [1.29, 1.82) is 0 Å². The highest BCUT2D eigenvalue weighted by atomic mass is 32.2. The number of benzene rings is 1. The van der Waals surface area contributed by atoms with Crippen molar-refractivity contribution in [1.82, 2.24) is 10.0 Å². The van der Waals surface area contributed by atoms with Gasteiger partial charge in [-0.1, -0.05) is 0 Å². The molecular formula is C11H15N3O4S. The van der Waals surface area contributed by atoms with Crippen molar-refractivity contribution in [3.8, 4) is 5.75 Å². The molecule has 0 saturated carbocycles. The highest BCUT2D eigenvalue weighted by molar-refractivity contribution is 7.89. The van der Waals surface area contributed by atoms with Gasteiger partial charge >= 0.3 is 0 Å². The van der Waals surface area contributed by atoms with Gasteiger partial charge in [-0.2, -0.15) is 0 Å². The molecule has 1 fully saturated rings.